The van der Waals surface area contributed by atoms with Gasteiger partial charge in [-0.3, -0.25) is 9.69 Å². The molecule has 3 rings (SSSR count). The minimum Gasteiger partial charge on any atom is -0.324 e. The van der Waals surface area contributed by atoms with Gasteiger partial charge in [-0.15, -0.1) is 0 Å². The van der Waals surface area contributed by atoms with E-state index in [0.717, 1.165) is 48.8 Å². The van der Waals surface area contributed by atoms with Crippen LogP contribution in [-0.2, 0) is 21.4 Å². The summed E-state index contributed by atoms with van der Waals surface area (Å²) in [4.78, 5) is 14.4. The summed E-state index contributed by atoms with van der Waals surface area (Å²) in [6, 6.07) is 9.82. The highest BCUT2D eigenvalue weighted by atomic mass is 32.2. The van der Waals surface area contributed by atoms with Gasteiger partial charge in [-0.05, 0) is 43.2 Å². The Morgan fingerprint density at radius 3 is 2.57 bits per heavy atom. The summed E-state index contributed by atoms with van der Waals surface area (Å²) in [5.74, 6) is 0.914. The molecule has 0 radical (unpaired) electrons. The van der Waals surface area contributed by atoms with E-state index in [9.17, 15) is 17.6 Å². The van der Waals surface area contributed by atoms with Crippen LogP contribution in [-0.4, -0.2) is 49.9 Å². The molecule has 30 heavy (non-hydrogen) atoms. The van der Waals surface area contributed by atoms with Crippen LogP contribution in [0, 0.1) is 12.7 Å². The molecule has 0 aromatic heterocycles. The van der Waals surface area contributed by atoms with Gasteiger partial charge in [-0.1, -0.05) is 24.3 Å². The molecule has 1 fully saturated rings. The van der Waals surface area contributed by atoms with Crippen LogP contribution in [0.4, 0.5) is 10.1 Å². The number of benzene rings is 2. The van der Waals surface area contributed by atoms with Gasteiger partial charge < -0.3 is 5.32 Å². The summed E-state index contributed by atoms with van der Waals surface area (Å²) in [5, 5.41) is 2.75. The third kappa shape index (κ3) is 5.81. The zero-order valence-corrected chi connectivity index (χ0v) is 18.7. The van der Waals surface area contributed by atoms with Crippen molar-refractivity contribution in [3.05, 3.63) is 59.4 Å². The largest absolute Gasteiger partial charge is 0.324 e. The zero-order chi connectivity index (χ0) is 21.7. The predicted molar refractivity (Wildman–Crippen MR) is 119 cm³/mol. The van der Waals surface area contributed by atoms with Crippen LogP contribution in [0.5, 0.6) is 0 Å². The van der Waals surface area contributed by atoms with E-state index in [1.807, 2.05) is 36.9 Å². The second kappa shape index (κ2) is 9.91. The van der Waals surface area contributed by atoms with Crippen molar-refractivity contribution in [2.24, 2.45) is 0 Å². The number of sulfonamides is 1. The van der Waals surface area contributed by atoms with E-state index >= 15 is 0 Å². The Balaban J connectivity index is 1.62. The number of amides is 1. The number of carbonyl (C=O) groups is 1. The first-order valence-electron chi connectivity index (χ1n) is 9.73. The highest BCUT2D eigenvalue weighted by molar-refractivity contribution is 7.99. The Hall–Kier alpha value is -1.94. The molecule has 1 aliphatic rings. The maximum Gasteiger partial charge on any atom is 0.244 e. The summed E-state index contributed by atoms with van der Waals surface area (Å²) >= 11 is 1.97. The van der Waals surface area contributed by atoms with Crippen LogP contribution >= 0.6 is 11.8 Å². The molecule has 2 aromatic rings. The molecule has 0 unspecified atom stereocenters. The minimum absolute atomic E-state index is 0.485. The van der Waals surface area contributed by atoms with E-state index in [4.69, 9.17) is 0 Å². The molecule has 0 saturated carbocycles. The molecule has 9 heteroatoms. The molecule has 6 nitrogen and oxygen atoms in total. The highest BCUT2D eigenvalue weighted by Crippen LogP contribution is 2.20. The van der Waals surface area contributed by atoms with E-state index in [0.29, 0.717) is 5.69 Å². The van der Waals surface area contributed by atoms with E-state index in [1.54, 1.807) is 0 Å². The first-order valence-corrected chi connectivity index (χ1v) is 12.4. The number of nitrogens with zero attached hydrogens (tertiary/aromatic N) is 1. The Morgan fingerprint density at radius 1 is 1.20 bits per heavy atom. The molecule has 0 aliphatic carbocycles. The molecule has 1 aliphatic heterocycles. The first kappa shape index (κ1) is 22.7. The van der Waals surface area contributed by atoms with Gasteiger partial charge >= 0.3 is 0 Å². The third-order valence-corrected chi connectivity index (χ3v) is 7.43. The van der Waals surface area contributed by atoms with Crippen LogP contribution in [0.1, 0.15) is 18.1 Å². The third-order valence-electron chi connectivity index (χ3n) is 4.91. The molecule has 0 bridgehead atoms. The molecule has 2 N–H and O–H groups in total. The van der Waals surface area contributed by atoms with Gasteiger partial charge in [-0.25, -0.2) is 12.8 Å². The van der Waals surface area contributed by atoms with Crippen LogP contribution < -0.4 is 10.0 Å². The smallest absolute Gasteiger partial charge is 0.244 e. The molecule has 1 saturated heterocycles. The van der Waals surface area contributed by atoms with E-state index < -0.39 is 32.7 Å². The molecular weight excluding hydrogens is 425 g/mol. The van der Waals surface area contributed by atoms with Crippen molar-refractivity contribution >= 4 is 33.4 Å². The number of carbonyl (C=O) groups excluding carboxylic acids is 1. The van der Waals surface area contributed by atoms with E-state index in [-0.39, 0.29) is 0 Å². The lowest BCUT2D eigenvalue weighted by molar-refractivity contribution is -0.117. The average Bonchev–Trinajstić information content (AvgIpc) is 2.70. The highest BCUT2D eigenvalue weighted by Gasteiger charge is 2.24. The van der Waals surface area contributed by atoms with Crippen molar-refractivity contribution in [2.45, 2.75) is 31.3 Å². The Kier molecular flexibility index (Phi) is 7.51. The Bertz CT molecular complexity index is 1010. The summed E-state index contributed by atoms with van der Waals surface area (Å²) in [6.45, 7) is 6.34. The van der Waals surface area contributed by atoms with Gasteiger partial charge in [0.1, 0.15) is 10.7 Å². The summed E-state index contributed by atoms with van der Waals surface area (Å²) in [7, 11) is -4.15. The van der Waals surface area contributed by atoms with Crippen LogP contribution in [0.15, 0.2) is 47.4 Å². The Morgan fingerprint density at radius 2 is 1.90 bits per heavy atom. The quantitative estimate of drug-likeness (QED) is 0.677. The lowest BCUT2D eigenvalue weighted by Crippen LogP contribution is -2.41. The van der Waals surface area contributed by atoms with Crippen molar-refractivity contribution in [3.63, 3.8) is 0 Å². The number of hydrogen-bond donors (Lipinski definition) is 2. The van der Waals surface area contributed by atoms with Gasteiger partial charge in [-0.2, -0.15) is 16.5 Å². The second-order valence-electron chi connectivity index (χ2n) is 7.30. The lowest BCUT2D eigenvalue weighted by atomic mass is 10.1. The number of nitrogens with one attached hydrogen (secondary N) is 2. The molecule has 2 aromatic carbocycles. The summed E-state index contributed by atoms with van der Waals surface area (Å²) in [5.41, 5.74) is 2.69. The molecule has 0 spiro atoms. The molecule has 162 valence electrons. The second-order valence-corrected chi connectivity index (χ2v) is 10.2. The van der Waals surface area contributed by atoms with Crippen molar-refractivity contribution in [1.29, 1.82) is 0 Å². The lowest BCUT2D eigenvalue weighted by Gasteiger charge is -2.26. The van der Waals surface area contributed by atoms with Crippen molar-refractivity contribution in [2.75, 3.05) is 29.9 Å². The van der Waals surface area contributed by atoms with Crippen LogP contribution in [0.25, 0.3) is 0 Å². The molecule has 1 atom stereocenters. The number of rotatable bonds is 7. The van der Waals surface area contributed by atoms with Crippen molar-refractivity contribution < 1.29 is 17.6 Å². The minimum atomic E-state index is -4.15. The molecule has 1 heterocycles. The number of aryl methyl sites for hydroxylation is 1. The number of anilines is 1. The molecule has 1 amide bonds. The summed E-state index contributed by atoms with van der Waals surface area (Å²) < 4.78 is 40.8. The monoisotopic (exact) mass is 451 g/mol. The number of halogens is 1. The summed E-state index contributed by atoms with van der Waals surface area (Å²) in [6.07, 6.45) is 0. The molecular formula is C21H26FN3O3S2. The van der Waals surface area contributed by atoms with E-state index in [1.165, 1.54) is 24.6 Å². The predicted octanol–water partition coefficient (Wildman–Crippen LogP) is 2.99. The van der Waals surface area contributed by atoms with Gasteiger partial charge in [0.15, 0.2) is 0 Å². The maximum absolute atomic E-state index is 13.8. The first-order chi connectivity index (χ1) is 14.3. The Labute approximate surface area is 181 Å². The fourth-order valence-corrected chi connectivity index (χ4v) is 5.50. The van der Waals surface area contributed by atoms with Crippen molar-refractivity contribution in [3.8, 4) is 0 Å². The fraction of sp³-hybridized carbons (Fsp3) is 0.381. The van der Waals surface area contributed by atoms with Crippen molar-refractivity contribution in [1.82, 2.24) is 9.62 Å². The normalized spacial score (nSPS) is 16.2. The van der Waals surface area contributed by atoms with Gasteiger partial charge in [0, 0.05) is 36.8 Å². The van der Waals surface area contributed by atoms with Gasteiger partial charge in [0.2, 0.25) is 15.9 Å². The standard InChI is InChI=1S/C21H26FN3O3S2/c1-15-13-17(14-25-9-11-29-12-10-25)7-8-19(15)23-21(26)16(2)24-30(27,28)20-6-4-3-5-18(20)22/h3-8,13,16,24H,9-12,14H2,1-2H3,(H,23,26)/t16-/m0/s1. The fourth-order valence-electron chi connectivity index (χ4n) is 3.24. The average molecular weight is 452 g/mol. The van der Waals surface area contributed by atoms with Crippen LogP contribution in [0.3, 0.4) is 0 Å². The van der Waals surface area contributed by atoms with E-state index in [2.05, 4.69) is 14.9 Å². The van der Waals surface area contributed by atoms with Gasteiger partial charge in [0.25, 0.3) is 0 Å². The number of hydrogen-bond acceptors (Lipinski definition) is 5. The zero-order valence-electron chi connectivity index (χ0n) is 17.0. The number of thioether (sulfide) groups is 1. The topological polar surface area (TPSA) is 78.5 Å². The van der Waals surface area contributed by atoms with Gasteiger partial charge in [0.05, 0.1) is 6.04 Å². The maximum atomic E-state index is 13.8. The van der Waals surface area contributed by atoms with Crippen LogP contribution in [0.2, 0.25) is 0 Å². The SMILES string of the molecule is Cc1cc(CN2CCSCC2)ccc1NC(=O)[C@H](C)NS(=O)(=O)c1ccccc1F.